The van der Waals surface area contributed by atoms with Crippen molar-refractivity contribution in [1.82, 2.24) is 9.97 Å². The largest absolute Gasteiger partial charge is 0.369 e. The smallest absolute Gasteiger partial charge is 0.208 e. The summed E-state index contributed by atoms with van der Waals surface area (Å²) in [7, 11) is 0. The van der Waals surface area contributed by atoms with Gasteiger partial charge in [-0.05, 0) is 6.26 Å². The first kappa shape index (κ1) is 13.6. The minimum absolute atomic E-state index is 0.113. The quantitative estimate of drug-likeness (QED) is 0.121. The van der Waals surface area contributed by atoms with Gasteiger partial charge in [0.1, 0.15) is 0 Å². The van der Waals surface area contributed by atoms with Crippen molar-refractivity contribution in [2.75, 3.05) is 17.1 Å². The zero-order valence-electron chi connectivity index (χ0n) is 9.58. The molecule has 0 fully saturated rings. The number of aromatic nitrogens is 2. The predicted molar refractivity (Wildman–Crippen MR) is 72.7 cm³/mol. The fraction of sp³-hybridized carbons (Fsp3) is 0.143. The van der Waals surface area contributed by atoms with Crippen LogP contribution in [0.15, 0.2) is 21.4 Å². The molecule has 0 aliphatic carbocycles. The number of hydrogen-bond acceptors (Lipinski definition) is 7. The standard InChI is InChI=1S/C7H14N10S/c1-18-7-12-3(14-16-5(8)9)2-4(13-7)15-17-6(10)11/h2H,1H3,(H4,8,9,16)(H4,10,11,17)(H2,12,13,14,15). The zero-order valence-corrected chi connectivity index (χ0v) is 10.4. The second kappa shape index (κ2) is 6.34. The summed E-state index contributed by atoms with van der Waals surface area (Å²) in [5, 5.41) is 7.73. The number of hydrazone groups is 2. The van der Waals surface area contributed by atoms with Crippen LogP contribution in [0.5, 0.6) is 0 Å². The second-order valence-corrected chi connectivity index (χ2v) is 3.70. The Morgan fingerprint density at radius 1 is 1.06 bits per heavy atom. The molecule has 0 aliphatic rings. The van der Waals surface area contributed by atoms with Gasteiger partial charge in [-0.15, -0.1) is 10.2 Å². The van der Waals surface area contributed by atoms with Gasteiger partial charge in [-0.2, -0.15) is 0 Å². The van der Waals surface area contributed by atoms with Crippen molar-refractivity contribution in [3.8, 4) is 0 Å². The van der Waals surface area contributed by atoms with Gasteiger partial charge in [-0.1, -0.05) is 11.8 Å². The minimum Gasteiger partial charge on any atom is -0.369 e. The van der Waals surface area contributed by atoms with Crippen molar-refractivity contribution in [2.24, 2.45) is 33.1 Å². The van der Waals surface area contributed by atoms with Crippen LogP contribution in [0.4, 0.5) is 11.6 Å². The lowest BCUT2D eigenvalue weighted by Gasteiger charge is -2.05. The van der Waals surface area contributed by atoms with Crippen molar-refractivity contribution in [1.29, 1.82) is 0 Å². The van der Waals surface area contributed by atoms with Gasteiger partial charge in [0, 0.05) is 6.07 Å². The maximum Gasteiger partial charge on any atom is 0.208 e. The Morgan fingerprint density at radius 2 is 1.50 bits per heavy atom. The Morgan fingerprint density at radius 3 is 1.83 bits per heavy atom. The molecule has 1 aromatic heterocycles. The first-order chi connectivity index (χ1) is 8.51. The first-order valence-electron chi connectivity index (χ1n) is 4.63. The summed E-state index contributed by atoms with van der Waals surface area (Å²) >= 11 is 1.34. The van der Waals surface area contributed by atoms with Gasteiger partial charge < -0.3 is 22.9 Å². The number of nitrogens with one attached hydrogen (secondary N) is 2. The Kier molecular flexibility index (Phi) is 4.80. The van der Waals surface area contributed by atoms with Gasteiger partial charge >= 0.3 is 0 Å². The molecule has 11 heteroatoms. The van der Waals surface area contributed by atoms with Crippen molar-refractivity contribution in [3.63, 3.8) is 0 Å². The lowest BCUT2D eigenvalue weighted by Crippen LogP contribution is -2.24. The SMILES string of the molecule is CSc1nc(NN=C(N)N)cc(NN=C(N)N)n1. The second-order valence-electron chi connectivity index (χ2n) is 2.92. The van der Waals surface area contributed by atoms with Crippen LogP contribution in [0.3, 0.4) is 0 Å². The highest BCUT2D eigenvalue weighted by atomic mass is 32.2. The number of anilines is 2. The molecule has 10 N–H and O–H groups in total. The van der Waals surface area contributed by atoms with Gasteiger partial charge in [0.15, 0.2) is 16.8 Å². The third-order valence-electron chi connectivity index (χ3n) is 1.49. The van der Waals surface area contributed by atoms with Gasteiger partial charge in [-0.3, -0.25) is 10.9 Å². The Balaban J connectivity index is 2.94. The van der Waals surface area contributed by atoms with E-state index in [1.807, 2.05) is 6.26 Å². The molecular weight excluding hydrogens is 256 g/mol. The summed E-state index contributed by atoms with van der Waals surface area (Å²) in [5.74, 6) is 0.572. The number of thioether (sulfide) groups is 1. The molecule has 0 saturated carbocycles. The van der Waals surface area contributed by atoms with Gasteiger partial charge in [0.25, 0.3) is 0 Å². The summed E-state index contributed by atoms with van der Waals surface area (Å²) in [5.41, 5.74) is 25.9. The van der Waals surface area contributed by atoms with Crippen molar-refractivity contribution in [2.45, 2.75) is 5.16 Å². The Hall–Kier alpha value is -2.43. The average Bonchev–Trinajstić information content (AvgIpc) is 2.33. The molecule has 1 heterocycles. The minimum atomic E-state index is -0.113. The third-order valence-corrected chi connectivity index (χ3v) is 2.04. The van der Waals surface area contributed by atoms with Crippen LogP contribution in [-0.2, 0) is 0 Å². The maximum absolute atomic E-state index is 5.19. The fourth-order valence-electron chi connectivity index (χ4n) is 0.875. The van der Waals surface area contributed by atoms with E-state index in [0.717, 1.165) is 0 Å². The molecule has 0 amide bonds. The number of guanidine groups is 2. The number of rotatable bonds is 5. The molecule has 0 radical (unpaired) electrons. The third kappa shape index (κ3) is 4.61. The molecule has 0 unspecified atom stereocenters. The van der Waals surface area contributed by atoms with E-state index in [-0.39, 0.29) is 11.9 Å². The number of hydrogen-bond donors (Lipinski definition) is 6. The lowest BCUT2D eigenvalue weighted by molar-refractivity contribution is 0.961. The summed E-state index contributed by atoms with van der Waals surface area (Å²) in [6.07, 6.45) is 1.82. The van der Waals surface area contributed by atoms with E-state index >= 15 is 0 Å². The van der Waals surface area contributed by atoms with Crippen LogP contribution in [0, 0.1) is 0 Å². The Labute approximate surface area is 107 Å². The molecule has 0 bridgehead atoms. The monoisotopic (exact) mass is 270 g/mol. The van der Waals surface area contributed by atoms with E-state index in [1.54, 1.807) is 6.07 Å². The molecule has 0 atom stereocenters. The van der Waals surface area contributed by atoms with E-state index in [0.29, 0.717) is 16.8 Å². The molecule has 0 aromatic carbocycles. The molecule has 98 valence electrons. The van der Waals surface area contributed by atoms with E-state index in [2.05, 4.69) is 31.0 Å². The summed E-state index contributed by atoms with van der Waals surface area (Å²) in [6.45, 7) is 0. The van der Waals surface area contributed by atoms with Gasteiger partial charge in [-0.25, -0.2) is 9.97 Å². The molecule has 10 nitrogen and oxygen atoms in total. The van der Waals surface area contributed by atoms with Crippen molar-refractivity contribution >= 4 is 35.3 Å². The molecular formula is C7H14N10S. The molecule has 0 saturated heterocycles. The van der Waals surface area contributed by atoms with Crippen LogP contribution < -0.4 is 33.8 Å². The highest BCUT2D eigenvalue weighted by Gasteiger charge is 2.03. The Bertz CT molecular complexity index is 423. The van der Waals surface area contributed by atoms with E-state index < -0.39 is 0 Å². The predicted octanol–water partition coefficient (Wildman–Crippen LogP) is -1.60. The van der Waals surface area contributed by atoms with Crippen molar-refractivity contribution in [3.05, 3.63) is 6.07 Å². The van der Waals surface area contributed by atoms with Crippen LogP contribution in [0.25, 0.3) is 0 Å². The summed E-state index contributed by atoms with van der Waals surface area (Å²) in [6, 6.07) is 1.54. The van der Waals surface area contributed by atoms with Crippen LogP contribution in [0.2, 0.25) is 0 Å². The highest BCUT2D eigenvalue weighted by Crippen LogP contribution is 2.17. The molecule has 1 aromatic rings. The van der Waals surface area contributed by atoms with Gasteiger partial charge in [0.05, 0.1) is 0 Å². The van der Waals surface area contributed by atoms with E-state index in [9.17, 15) is 0 Å². The van der Waals surface area contributed by atoms with Crippen LogP contribution in [0.1, 0.15) is 0 Å². The first-order valence-corrected chi connectivity index (χ1v) is 5.86. The van der Waals surface area contributed by atoms with E-state index in [4.69, 9.17) is 22.9 Å². The lowest BCUT2D eigenvalue weighted by atomic mass is 10.5. The normalized spacial score (nSPS) is 9.39. The van der Waals surface area contributed by atoms with E-state index in [1.165, 1.54) is 11.8 Å². The molecule has 0 aliphatic heterocycles. The molecule has 18 heavy (non-hydrogen) atoms. The average molecular weight is 270 g/mol. The molecule has 1 rings (SSSR count). The number of nitrogens with zero attached hydrogens (tertiary/aromatic N) is 4. The topological polar surface area (TPSA) is 179 Å². The van der Waals surface area contributed by atoms with Crippen LogP contribution >= 0.6 is 11.8 Å². The summed E-state index contributed by atoms with van der Waals surface area (Å²) in [4.78, 5) is 8.25. The molecule has 0 spiro atoms. The zero-order chi connectivity index (χ0) is 13.5. The van der Waals surface area contributed by atoms with Crippen LogP contribution in [-0.4, -0.2) is 28.1 Å². The fourth-order valence-corrected chi connectivity index (χ4v) is 1.25. The number of nitrogens with two attached hydrogens (primary N) is 4. The van der Waals surface area contributed by atoms with Gasteiger partial charge in [0.2, 0.25) is 11.9 Å². The summed E-state index contributed by atoms with van der Waals surface area (Å²) < 4.78 is 0. The maximum atomic E-state index is 5.19. The van der Waals surface area contributed by atoms with Crippen molar-refractivity contribution < 1.29 is 0 Å². The highest BCUT2D eigenvalue weighted by molar-refractivity contribution is 7.98.